The molecule has 1 saturated heterocycles. The highest BCUT2D eigenvalue weighted by Gasteiger charge is 2.21. The summed E-state index contributed by atoms with van der Waals surface area (Å²) in [6.45, 7) is 6.58. The molecule has 0 atom stereocenters. The van der Waals surface area contributed by atoms with Gasteiger partial charge in [0.25, 0.3) is 0 Å². The molecule has 0 radical (unpaired) electrons. The maximum atomic E-state index is 5.82. The topological polar surface area (TPSA) is 47.0 Å². The van der Waals surface area contributed by atoms with Crippen LogP contribution in [0.15, 0.2) is 15.1 Å². The average molecular weight is 348 g/mol. The van der Waals surface area contributed by atoms with E-state index in [4.69, 9.17) is 9.57 Å². The van der Waals surface area contributed by atoms with E-state index in [1.807, 2.05) is 5.38 Å². The Morgan fingerprint density at radius 3 is 2.89 bits per heavy atom. The second-order valence-electron chi connectivity index (χ2n) is 4.33. The fourth-order valence-electron chi connectivity index (χ4n) is 2.04. The zero-order valence-electron chi connectivity index (χ0n) is 10.8. The largest absolute Gasteiger partial charge is 0.396 e. The lowest BCUT2D eigenvalue weighted by Crippen LogP contribution is -2.37. The number of thiazole rings is 1. The predicted octanol–water partition coefficient (Wildman–Crippen LogP) is 2.91. The Bertz CT molecular complexity index is 394. The number of aromatic nitrogens is 1. The molecule has 0 aliphatic carbocycles. The molecule has 0 amide bonds. The first-order chi connectivity index (χ1) is 9.29. The second-order valence-corrected chi connectivity index (χ2v) is 5.97. The van der Waals surface area contributed by atoms with Gasteiger partial charge < -0.3 is 14.5 Å². The first-order valence-electron chi connectivity index (χ1n) is 6.35. The number of hydrogen-bond donors (Lipinski definition) is 0. The maximum absolute atomic E-state index is 5.82. The van der Waals surface area contributed by atoms with Crippen molar-refractivity contribution in [2.24, 2.45) is 5.16 Å². The van der Waals surface area contributed by atoms with E-state index in [1.165, 1.54) is 0 Å². The number of anilines is 1. The Morgan fingerprint density at radius 2 is 2.26 bits per heavy atom. The molecule has 1 aromatic rings. The Balaban J connectivity index is 1.64. The van der Waals surface area contributed by atoms with E-state index in [2.05, 4.69) is 37.7 Å². The minimum absolute atomic E-state index is 0.358. The van der Waals surface area contributed by atoms with Crippen molar-refractivity contribution >= 4 is 39.1 Å². The van der Waals surface area contributed by atoms with Gasteiger partial charge in [0.15, 0.2) is 5.13 Å². The number of halogens is 1. The van der Waals surface area contributed by atoms with Gasteiger partial charge in [0.05, 0.1) is 12.7 Å². The van der Waals surface area contributed by atoms with Crippen LogP contribution in [0.2, 0.25) is 0 Å². The lowest BCUT2D eigenvalue weighted by Gasteiger charge is -2.31. The third kappa shape index (κ3) is 4.74. The van der Waals surface area contributed by atoms with Gasteiger partial charge >= 0.3 is 0 Å². The van der Waals surface area contributed by atoms with E-state index < -0.39 is 0 Å². The molecule has 106 valence electrons. The number of oxime groups is 1. The Morgan fingerprint density at radius 1 is 1.47 bits per heavy atom. The highest BCUT2D eigenvalue weighted by Crippen LogP contribution is 2.26. The number of ether oxygens (including phenoxy) is 1. The molecule has 5 nitrogen and oxygen atoms in total. The van der Waals surface area contributed by atoms with Crippen molar-refractivity contribution in [1.29, 1.82) is 0 Å². The molecule has 2 heterocycles. The summed E-state index contributed by atoms with van der Waals surface area (Å²) in [6, 6.07) is 0. The highest BCUT2D eigenvalue weighted by molar-refractivity contribution is 9.10. The van der Waals surface area contributed by atoms with Crippen LogP contribution in [0.3, 0.4) is 0 Å². The smallest absolute Gasteiger partial charge is 0.186 e. The molecule has 1 fully saturated rings. The van der Waals surface area contributed by atoms with Crippen LogP contribution in [-0.4, -0.2) is 44.1 Å². The quantitative estimate of drug-likeness (QED) is 0.432. The third-order valence-electron chi connectivity index (χ3n) is 3.00. The first-order valence-corrected chi connectivity index (χ1v) is 8.02. The number of piperidine rings is 1. The van der Waals surface area contributed by atoms with Crippen LogP contribution in [0.25, 0.3) is 0 Å². The molecule has 0 spiro atoms. The van der Waals surface area contributed by atoms with Crippen LogP contribution in [0, 0.1) is 0 Å². The zero-order valence-corrected chi connectivity index (χ0v) is 13.2. The van der Waals surface area contributed by atoms with Crippen molar-refractivity contribution in [1.82, 2.24) is 4.98 Å². The van der Waals surface area contributed by atoms with Gasteiger partial charge in [-0.2, -0.15) is 0 Å². The van der Waals surface area contributed by atoms with Crippen molar-refractivity contribution in [3.63, 3.8) is 0 Å². The number of hydrogen-bond acceptors (Lipinski definition) is 6. The van der Waals surface area contributed by atoms with Gasteiger partial charge in [0.2, 0.25) is 0 Å². The van der Waals surface area contributed by atoms with E-state index in [-0.39, 0.29) is 0 Å². The summed E-state index contributed by atoms with van der Waals surface area (Å²) >= 11 is 5.07. The normalized spacial score (nSPS) is 16.6. The molecule has 0 aromatic carbocycles. The van der Waals surface area contributed by atoms with E-state index in [9.17, 15) is 0 Å². The Hall–Kier alpha value is -0.660. The van der Waals surface area contributed by atoms with Crippen LogP contribution in [0.5, 0.6) is 0 Å². The van der Waals surface area contributed by atoms with Crippen LogP contribution >= 0.6 is 27.3 Å². The van der Waals surface area contributed by atoms with E-state index >= 15 is 0 Å². The summed E-state index contributed by atoms with van der Waals surface area (Å²) in [5, 5.41) is 6.46. The lowest BCUT2D eigenvalue weighted by molar-refractivity contribution is 0.0217. The van der Waals surface area contributed by atoms with Gasteiger partial charge in [-0.05, 0) is 28.8 Å². The number of nitrogens with zero attached hydrogens (tertiary/aromatic N) is 3. The molecule has 1 aliphatic heterocycles. The zero-order chi connectivity index (χ0) is 13.5. The molecule has 2 rings (SSSR count). The fourth-order valence-corrected chi connectivity index (χ4v) is 3.35. The van der Waals surface area contributed by atoms with Crippen molar-refractivity contribution in [3.05, 3.63) is 9.98 Å². The lowest BCUT2D eigenvalue weighted by atomic mass is 10.1. The summed E-state index contributed by atoms with van der Waals surface area (Å²) in [7, 11) is 0. The van der Waals surface area contributed by atoms with Gasteiger partial charge in [-0.25, -0.2) is 4.98 Å². The van der Waals surface area contributed by atoms with Crippen LogP contribution in [0.1, 0.15) is 19.3 Å². The Labute approximate surface area is 125 Å². The van der Waals surface area contributed by atoms with Gasteiger partial charge in [0.1, 0.15) is 11.2 Å². The summed E-state index contributed by atoms with van der Waals surface area (Å²) in [4.78, 5) is 11.6. The average Bonchev–Trinajstić information content (AvgIpc) is 2.86. The second kappa shape index (κ2) is 7.81. The minimum atomic E-state index is 0.358. The van der Waals surface area contributed by atoms with E-state index in [0.717, 1.165) is 48.7 Å². The van der Waals surface area contributed by atoms with Crippen LogP contribution in [0.4, 0.5) is 5.13 Å². The van der Waals surface area contributed by atoms with Crippen molar-refractivity contribution < 1.29 is 9.57 Å². The van der Waals surface area contributed by atoms with Gasteiger partial charge in [-0.15, -0.1) is 16.5 Å². The van der Waals surface area contributed by atoms with Crippen molar-refractivity contribution in [2.75, 3.05) is 31.2 Å². The SMILES string of the molecule is C=NOCCCOC1CCN(c2nc(Br)cs2)CC1. The molecular weight excluding hydrogens is 330 g/mol. The molecule has 1 aliphatic rings. The molecule has 1 aromatic heterocycles. The fraction of sp³-hybridized carbons (Fsp3) is 0.667. The monoisotopic (exact) mass is 347 g/mol. The van der Waals surface area contributed by atoms with Crippen LogP contribution < -0.4 is 4.90 Å². The number of rotatable bonds is 7. The molecule has 0 bridgehead atoms. The predicted molar refractivity (Wildman–Crippen MR) is 81.1 cm³/mol. The molecule has 0 N–H and O–H groups in total. The van der Waals surface area contributed by atoms with E-state index in [1.54, 1.807) is 11.3 Å². The minimum Gasteiger partial charge on any atom is -0.396 e. The molecule has 7 heteroatoms. The van der Waals surface area contributed by atoms with Crippen molar-refractivity contribution in [2.45, 2.75) is 25.4 Å². The van der Waals surface area contributed by atoms with E-state index in [0.29, 0.717) is 12.7 Å². The standard InChI is InChI=1S/C12H18BrN3O2S/c1-14-18-8-2-7-17-10-3-5-16(6-4-10)12-15-11(13)9-19-12/h9-10H,1-8H2. The molecule has 19 heavy (non-hydrogen) atoms. The third-order valence-corrected chi connectivity index (χ3v) is 4.61. The van der Waals surface area contributed by atoms with Gasteiger partial charge in [-0.1, -0.05) is 0 Å². The van der Waals surface area contributed by atoms with Crippen molar-refractivity contribution in [3.8, 4) is 0 Å². The summed E-state index contributed by atoms with van der Waals surface area (Å²) in [5.41, 5.74) is 0. The maximum Gasteiger partial charge on any atom is 0.186 e. The molecule has 0 saturated carbocycles. The highest BCUT2D eigenvalue weighted by atomic mass is 79.9. The summed E-state index contributed by atoms with van der Waals surface area (Å²) in [6.07, 6.45) is 3.32. The van der Waals surface area contributed by atoms with Crippen LogP contribution in [-0.2, 0) is 9.57 Å². The molecular formula is C12H18BrN3O2S. The summed E-state index contributed by atoms with van der Waals surface area (Å²) < 4.78 is 6.74. The summed E-state index contributed by atoms with van der Waals surface area (Å²) in [5.74, 6) is 0. The Kier molecular flexibility index (Phi) is 6.06. The molecule has 0 unspecified atom stereocenters. The van der Waals surface area contributed by atoms with Gasteiger partial charge in [0, 0.05) is 31.6 Å². The first kappa shape index (κ1) is 14.7. The van der Waals surface area contributed by atoms with Gasteiger partial charge in [-0.3, -0.25) is 0 Å².